The van der Waals surface area contributed by atoms with E-state index in [1.165, 1.54) is 50.7 Å². The van der Waals surface area contributed by atoms with Crippen LogP contribution in [0, 0.1) is 0 Å². The lowest BCUT2D eigenvalue weighted by Gasteiger charge is -2.32. The third-order valence-corrected chi connectivity index (χ3v) is 4.67. The molecular weight excluding hydrogens is 140 g/mol. The zero-order chi connectivity index (χ0) is 6.86. The van der Waals surface area contributed by atoms with Gasteiger partial charge in [-0.15, -0.1) is 0 Å². The average Bonchev–Trinajstić information content (AvgIpc) is 2.39. The topological polar surface area (TPSA) is 0 Å². The van der Waals surface area contributed by atoms with E-state index in [1.807, 2.05) is 0 Å². The van der Waals surface area contributed by atoms with Crippen LogP contribution in [0.4, 0.5) is 0 Å². The molecule has 0 radical (unpaired) electrons. The van der Waals surface area contributed by atoms with E-state index in [4.69, 9.17) is 0 Å². The first-order valence-electron chi connectivity index (χ1n) is 4.55. The molecule has 1 aliphatic carbocycles. The van der Waals surface area contributed by atoms with Crippen LogP contribution in [-0.2, 0) is 0 Å². The average molecular weight is 156 g/mol. The first kappa shape index (κ1) is 7.02. The summed E-state index contributed by atoms with van der Waals surface area (Å²) in [4.78, 5) is 0. The highest BCUT2D eigenvalue weighted by Crippen LogP contribution is 2.47. The van der Waals surface area contributed by atoms with Gasteiger partial charge < -0.3 is 0 Å². The van der Waals surface area contributed by atoms with Gasteiger partial charge in [-0.05, 0) is 31.4 Å². The lowest BCUT2D eigenvalue weighted by Crippen LogP contribution is -2.23. The second-order valence-electron chi connectivity index (χ2n) is 3.70. The molecule has 0 aromatic heterocycles. The Bertz CT molecular complexity index is 106. The highest BCUT2D eigenvalue weighted by atomic mass is 32.2. The maximum absolute atomic E-state index is 2.27. The van der Waals surface area contributed by atoms with Gasteiger partial charge in [-0.2, -0.15) is 11.8 Å². The molecule has 10 heavy (non-hydrogen) atoms. The Hall–Kier alpha value is 0.350. The lowest BCUT2D eigenvalue weighted by molar-refractivity contribution is 0.512. The largest absolute Gasteiger partial charge is 0.155 e. The van der Waals surface area contributed by atoms with Gasteiger partial charge in [-0.25, -0.2) is 0 Å². The van der Waals surface area contributed by atoms with Crippen LogP contribution in [-0.4, -0.2) is 10.5 Å². The predicted molar refractivity (Wildman–Crippen MR) is 47.5 cm³/mol. The van der Waals surface area contributed by atoms with E-state index in [2.05, 4.69) is 11.8 Å². The number of hydrogen-bond acceptors (Lipinski definition) is 1. The van der Waals surface area contributed by atoms with Crippen LogP contribution in [0.5, 0.6) is 0 Å². The predicted octanol–water partition coefficient (Wildman–Crippen LogP) is 3.22. The van der Waals surface area contributed by atoms with Gasteiger partial charge in [-0.3, -0.25) is 0 Å². The molecule has 0 aromatic carbocycles. The smallest absolute Gasteiger partial charge is 0.0160 e. The molecule has 0 N–H and O–H groups in total. The summed E-state index contributed by atoms with van der Waals surface area (Å²) >= 11 is 2.27. The van der Waals surface area contributed by atoms with Gasteiger partial charge >= 0.3 is 0 Å². The fourth-order valence-corrected chi connectivity index (χ4v) is 3.97. The molecule has 1 heterocycles. The molecule has 2 aliphatic rings. The van der Waals surface area contributed by atoms with Gasteiger partial charge in [0, 0.05) is 4.75 Å². The molecule has 1 aliphatic heterocycles. The van der Waals surface area contributed by atoms with Crippen LogP contribution < -0.4 is 0 Å². The maximum Gasteiger partial charge on any atom is 0.0160 e. The van der Waals surface area contributed by atoms with Crippen LogP contribution in [0.1, 0.15) is 44.9 Å². The summed E-state index contributed by atoms with van der Waals surface area (Å²) in [5.41, 5.74) is 0. The second kappa shape index (κ2) is 2.77. The molecular formula is C9H16S. The zero-order valence-corrected chi connectivity index (χ0v) is 7.38. The van der Waals surface area contributed by atoms with Crippen LogP contribution in [0.15, 0.2) is 0 Å². The molecule has 58 valence electrons. The highest BCUT2D eigenvalue weighted by Gasteiger charge is 2.35. The summed E-state index contributed by atoms with van der Waals surface area (Å²) in [6, 6.07) is 0. The van der Waals surface area contributed by atoms with E-state index < -0.39 is 0 Å². The van der Waals surface area contributed by atoms with Gasteiger partial charge in [0.05, 0.1) is 0 Å². The lowest BCUT2D eigenvalue weighted by atomic mass is 9.99. The van der Waals surface area contributed by atoms with Crippen LogP contribution >= 0.6 is 11.8 Å². The molecule has 0 unspecified atom stereocenters. The molecule has 2 fully saturated rings. The van der Waals surface area contributed by atoms with E-state index >= 15 is 0 Å². The Balaban J connectivity index is 1.98. The van der Waals surface area contributed by atoms with Gasteiger partial charge in [0.25, 0.3) is 0 Å². The molecule has 0 nitrogen and oxygen atoms in total. The number of thioether (sulfide) groups is 1. The Morgan fingerprint density at radius 2 is 1.40 bits per heavy atom. The van der Waals surface area contributed by atoms with E-state index in [0.29, 0.717) is 0 Å². The Morgan fingerprint density at radius 1 is 0.800 bits per heavy atom. The van der Waals surface area contributed by atoms with Crippen LogP contribution in [0.3, 0.4) is 0 Å². The molecule has 1 heteroatoms. The van der Waals surface area contributed by atoms with Gasteiger partial charge in [0.1, 0.15) is 0 Å². The molecule has 0 bridgehead atoms. The van der Waals surface area contributed by atoms with Gasteiger partial charge in [-0.1, -0.05) is 19.3 Å². The van der Waals surface area contributed by atoms with Crippen molar-refractivity contribution in [2.24, 2.45) is 0 Å². The van der Waals surface area contributed by atoms with E-state index in [0.717, 1.165) is 4.75 Å². The normalized spacial score (nSPS) is 31.2. The quantitative estimate of drug-likeness (QED) is 0.519. The van der Waals surface area contributed by atoms with Crippen molar-refractivity contribution in [1.82, 2.24) is 0 Å². The summed E-state index contributed by atoms with van der Waals surface area (Å²) in [7, 11) is 0. The maximum atomic E-state index is 2.27. The van der Waals surface area contributed by atoms with Gasteiger partial charge in [0.15, 0.2) is 0 Å². The Morgan fingerprint density at radius 3 is 1.90 bits per heavy atom. The van der Waals surface area contributed by atoms with E-state index in [-0.39, 0.29) is 0 Å². The summed E-state index contributed by atoms with van der Waals surface area (Å²) in [6.45, 7) is 0. The molecule has 0 aromatic rings. The third-order valence-electron chi connectivity index (χ3n) is 2.95. The van der Waals surface area contributed by atoms with Crippen molar-refractivity contribution in [3.63, 3.8) is 0 Å². The second-order valence-corrected chi connectivity index (χ2v) is 5.26. The first-order chi connectivity index (χ1) is 4.91. The fraction of sp³-hybridized carbons (Fsp3) is 1.00. The summed E-state index contributed by atoms with van der Waals surface area (Å²) in [6.07, 6.45) is 10.6. The minimum absolute atomic E-state index is 0.790. The Kier molecular flexibility index (Phi) is 1.94. The van der Waals surface area contributed by atoms with Crippen molar-refractivity contribution in [3.05, 3.63) is 0 Å². The SMILES string of the molecule is C1CCC2(CCCC2)SC1. The third kappa shape index (κ3) is 1.20. The van der Waals surface area contributed by atoms with Crippen LogP contribution in [0.25, 0.3) is 0 Å². The van der Waals surface area contributed by atoms with Crippen molar-refractivity contribution in [3.8, 4) is 0 Å². The fourth-order valence-electron chi connectivity index (χ4n) is 2.32. The van der Waals surface area contributed by atoms with Gasteiger partial charge in [0.2, 0.25) is 0 Å². The van der Waals surface area contributed by atoms with Crippen molar-refractivity contribution in [2.45, 2.75) is 49.7 Å². The molecule has 1 spiro atoms. The summed E-state index contributed by atoms with van der Waals surface area (Å²) in [5.74, 6) is 1.44. The van der Waals surface area contributed by atoms with Crippen molar-refractivity contribution >= 4 is 11.8 Å². The van der Waals surface area contributed by atoms with E-state index in [1.54, 1.807) is 0 Å². The first-order valence-corrected chi connectivity index (χ1v) is 5.54. The molecule has 2 rings (SSSR count). The monoisotopic (exact) mass is 156 g/mol. The number of rotatable bonds is 0. The van der Waals surface area contributed by atoms with Crippen molar-refractivity contribution in [2.75, 3.05) is 5.75 Å². The summed E-state index contributed by atoms with van der Waals surface area (Å²) in [5, 5.41) is 0. The minimum atomic E-state index is 0.790. The Labute approximate surface area is 67.8 Å². The number of hydrogen-bond donors (Lipinski definition) is 0. The minimum Gasteiger partial charge on any atom is -0.155 e. The van der Waals surface area contributed by atoms with Crippen LogP contribution in [0.2, 0.25) is 0 Å². The molecule has 0 atom stereocenters. The van der Waals surface area contributed by atoms with E-state index in [9.17, 15) is 0 Å². The standard InChI is InChI=1S/C9H16S/c1-2-6-9(5-1)7-3-4-8-10-9/h1-8H2. The van der Waals surface area contributed by atoms with Crippen molar-refractivity contribution < 1.29 is 0 Å². The molecule has 1 saturated carbocycles. The summed E-state index contributed by atoms with van der Waals surface area (Å²) < 4.78 is 0.790. The molecule has 0 amide bonds. The highest BCUT2D eigenvalue weighted by molar-refractivity contribution is 8.00. The zero-order valence-electron chi connectivity index (χ0n) is 6.57. The van der Waals surface area contributed by atoms with Crippen molar-refractivity contribution in [1.29, 1.82) is 0 Å². The molecule has 1 saturated heterocycles.